The van der Waals surface area contributed by atoms with Crippen LogP contribution in [-0.2, 0) is 4.74 Å². The van der Waals surface area contributed by atoms with Gasteiger partial charge >= 0.3 is 0 Å². The molecule has 2 saturated heterocycles. The third-order valence-electron chi connectivity index (χ3n) is 4.81. The van der Waals surface area contributed by atoms with Gasteiger partial charge in [0.1, 0.15) is 5.10 Å². The molecular formula is C19H26N4O3. The fourth-order valence-corrected chi connectivity index (χ4v) is 3.56. The highest BCUT2D eigenvalue weighted by molar-refractivity contribution is 5.83. The molecule has 0 N–H and O–H groups in total. The van der Waals surface area contributed by atoms with Crippen LogP contribution < -0.4 is 0 Å². The Balaban J connectivity index is 1.70. The summed E-state index contributed by atoms with van der Waals surface area (Å²) in [5.74, 6) is 0.769. The van der Waals surface area contributed by atoms with E-state index in [2.05, 4.69) is 18.9 Å². The maximum atomic E-state index is 11.0. The second-order valence-electron chi connectivity index (χ2n) is 7.64. The summed E-state index contributed by atoms with van der Waals surface area (Å²) in [6.07, 6.45) is 4.79. The third-order valence-corrected chi connectivity index (χ3v) is 4.81. The summed E-state index contributed by atoms with van der Waals surface area (Å²) in [5.41, 5.74) is 2.14. The van der Waals surface area contributed by atoms with Gasteiger partial charge in [0.2, 0.25) is 0 Å². The minimum atomic E-state index is -0.616. The fraction of sp³-hybridized carbons (Fsp3) is 0.526. The van der Waals surface area contributed by atoms with Crippen LogP contribution in [0.3, 0.4) is 0 Å². The average Bonchev–Trinajstić information content (AvgIpc) is 3.10. The molecule has 1 aromatic carbocycles. The smallest absolute Gasteiger partial charge is 0.278 e. The first kappa shape index (κ1) is 18.4. The second-order valence-corrected chi connectivity index (χ2v) is 7.64. The van der Waals surface area contributed by atoms with E-state index in [1.54, 1.807) is 0 Å². The van der Waals surface area contributed by atoms with Gasteiger partial charge in [-0.2, -0.15) is 0 Å². The number of nitro groups is 1. The molecule has 0 bridgehead atoms. The molecule has 2 fully saturated rings. The van der Waals surface area contributed by atoms with Gasteiger partial charge in [0.25, 0.3) is 5.96 Å². The zero-order valence-corrected chi connectivity index (χ0v) is 15.6. The Morgan fingerprint density at radius 2 is 2.08 bits per heavy atom. The first-order valence-electron chi connectivity index (χ1n) is 8.96. The number of aryl methyl sites for hydroxylation is 1. The minimum Gasteiger partial charge on any atom is -0.375 e. The first-order chi connectivity index (χ1) is 12.3. The van der Waals surface area contributed by atoms with Crippen molar-refractivity contribution >= 4 is 12.0 Å². The summed E-state index contributed by atoms with van der Waals surface area (Å²) in [6, 6.07) is 8.15. The number of hydrogen-bond acceptors (Lipinski definition) is 3. The molecule has 1 atom stereocenters. The molecule has 26 heavy (non-hydrogen) atoms. The minimum absolute atomic E-state index is 0.115. The molecule has 0 aliphatic carbocycles. The van der Waals surface area contributed by atoms with E-state index in [4.69, 9.17) is 4.74 Å². The molecule has 2 heterocycles. The van der Waals surface area contributed by atoms with Gasteiger partial charge in [0.05, 0.1) is 12.2 Å². The molecule has 140 valence electrons. The normalized spacial score (nSPS) is 24.1. The fourth-order valence-electron chi connectivity index (χ4n) is 3.56. The van der Waals surface area contributed by atoms with Gasteiger partial charge in [-0.25, -0.2) is 10.1 Å². The number of nitrogens with zero attached hydrogens (tertiary/aromatic N) is 4. The zero-order chi connectivity index (χ0) is 18.7. The summed E-state index contributed by atoms with van der Waals surface area (Å²) in [4.78, 5) is 14.9. The lowest BCUT2D eigenvalue weighted by atomic mass is 9.97. The molecule has 2 aliphatic heterocycles. The van der Waals surface area contributed by atoms with E-state index < -0.39 is 5.03 Å². The van der Waals surface area contributed by atoms with Gasteiger partial charge in [-0.15, -0.1) is 0 Å². The standard InChI is InChI=1S/C19H26N4O3/c1-15-4-6-16(7-5-15)8-9-21-10-11-22(18(21)20-23(24)25)13-17-12-19(2,3)26-14-17/h4-9,17H,10-14H2,1-3H3. The number of ether oxygens (including phenoxy) is 1. The number of hydrazone groups is 1. The summed E-state index contributed by atoms with van der Waals surface area (Å²) in [5, 5.41) is 14.0. The Morgan fingerprint density at radius 1 is 1.35 bits per heavy atom. The Hall–Kier alpha value is -2.41. The molecule has 7 nitrogen and oxygen atoms in total. The van der Waals surface area contributed by atoms with Crippen LogP contribution in [0.1, 0.15) is 31.4 Å². The van der Waals surface area contributed by atoms with Crippen LogP contribution in [-0.4, -0.2) is 52.6 Å². The number of hydrogen-bond donors (Lipinski definition) is 0. The van der Waals surface area contributed by atoms with E-state index in [0.717, 1.165) is 25.1 Å². The van der Waals surface area contributed by atoms with E-state index in [-0.39, 0.29) is 5.60 Å². The van der Waals surface area contributed by atoms with Crippen molar-refractivity contribution in [2.45, 2.75) is 32.8 Å². The Morgan fingerprint density at radius 3 is 2.69 bits per heavy atom. The predicted octanol–water partition coefficient (Wildman–Crippen LogP) is 2.95. The topological polar surface area (TPSA) is 71.2 Å². The van der Waals surface area contributed by atoms with Gasteiger partial charge in [0.15, 0.2) is 5.03 Å². The van der Waals surface area contributed by atoms with Crippen LogP contribution in [0.4, 0.5) is 0 Å². The predicted molar refractivity (Wildman–Crippen MR) is 101 cm³/mol. The molecule has 0 saturated carbocycles. The lowest BCUT2D eigenvalue weighted by Crippen LogP contribution is -2.35. The SMILES string of the molecule is Cc1ccc(C=CN2CCN(CC3COC(C)(C)C3)C2=N[N+](=O)[O-])cc1. The number of benzene rings is 1. The van der Waals surface area contributed by atoms with Gasteiger partial charge in [-0.05, 0) is 38.8 Å². The highest BCUT2D eigenvalue weighted by atomic mass is 16.7. The summed E-state index contributed by atoms with van der Waals surface area (Å²) in [7, 11) is 0. The van der Waals surface area contributed by atoms with Gasteiger partial charge in [0, 0.05) is 31.8 Å². The molecule has 0 amide bonds. The van der Waals surface area contributed by atoms with E-state index in [1.165, 1.54) is 5.56 Å². The first-order valence-corrected chi connectivity index (χ1v) is 8.96. The number of guanidine groups is 1. The quantitative estimate of drug-likeness (QED) is 0.598. The Bertz CT molecular complexity index is 712. The second kappa shape index (κ2) is 7.45. The summed E-state index contributed by atoms with van der Waals surface area (Å²) >= 11 is 0. The molecular weight excluding hydrogens is 332 g/mol. The van der Waals surface area contributed by atoms with Crippen molar-refractivity contribution in [3.05, 3.63) is 51.7 Å². The maximum absolute atomic E-state index is 11.0. The lowest BCUT2D eigenvalue weighted by molar-refractivity contribution is -0.486. The van der Waals surface area contributed by atoms with Crippen molar-refractivity contribution in [1.29, 1.82) is 0 Å². The molecule has 2 aliphatic rings. The van der Waals surface area contributed by atoms with E-state index in [9.17, 15) is 10.1 Å². The number of rotatable bonds is 5. The van der Waals surface area contributed by atoms with E-state index in [0.29, 0.717) is 25.0 Å². The molecule has 3 rings (SSSR count). The highest BCUT2D eigenvalue weighted by Gasteiger charge is 2.36. The zero-order valence-electron chi connectivity index (χ0n) is 15.6. The summed E-state index contributed by atoms with van der Waals surface area (Å²) < 4.78 is 5.79. The Labute approximate surface area is 154 Å². The van der Waals surface area contributed by atoms with Crippen molar-refractivity contribution in [1.82, 2.24) is 9.80 Å². The van der Waals surface area contributed by atoms with Crippen LogP contribution >= 0.6 is 0 Å². The molecule has 7 heteroatoms. The van der Waals surface area contributed by atoms with Crippen LogP contribution in [0.5, 0.6) is 0 Å². The van der Waals surface area contributed by atoms with Crippen LogP contribution in [0.2, 0.25) is 0 Å². The van der Waals surface area contributed by atoms with Crippen molar-refractivity contribution in [3.8, 4) is 0 Å². The third kappa shape index (κ3) is 4.60. The largest absolute Gasteiger partial charge is 0.375 e. The molecule has 0 radical (unpaired) electrons. The average molecular weight is 358 g/mol. The summed E-state index contributed by atoms with van der Waals surface area (Å²) in [6.45, 7) is 9.04. The van der Waals surface area contributed by atoms with Gasteiger partial charge < -0.3 is 14.5 Å². The van der Waals surface area contributed by atoms with Gasteiger partial charge in [-0.3, -0.25) is 0 Å². The van der Waals surface area contributed by atoms with E-state index >= 15 is 0 Å². The molecule has 1 aromatic rings. The van der Waals surface area contributed by atoms with Crippen molar-refractivity contribution < 1.29 is 9.77 Å². The maximum Gasteiger partial charge on any atom is 0.278 e. The van der Waals surface area contributed by atoms with E-state index in [1.807, 2.05) is 53.3 Å². The molecule has 1 unspecified atom stereocenters. The molecule has 0 spiro atoms. The van der Waals surface area contributed by atoms with Crippen LogP contribution in [0, 0.1) is 23.0 Å². The van der Waals surface area contributed by atoms with Crippen molar-refractivity contribution in [2.24, 2.45) is 11.0 Å². The van der Waals surface area contributed by atoms with Crippen molar-refractivity contribution in [3.63, 3.8) is 0 Å². The highest BCUT2D eigenvalue weighted by Crippen LogP contribution is 2.30. The van der Waals surface area contributed by atoms with Gasteiger partial charge in [-0.1, -0.05) is 29.8 Å². The van der Waals surface area contributed by atoms with Crippen molar-refractivity contribution in [2.75, 3.05) is 26.2 Å². The van der Waals surface area contributed by atoms with Crippen LogP contribution in [0.25, 0.3) is 6.08 Å². The monoisotopic (exact) mass is 358 g/mol. The van der Waals surface area contributed by atoms with Crippen LogP contribution in [0.15, 0.2) is 35.6 Å². The Kier molecular flexibility index (Phi) is 5.27. The lowest BCUT2D eigenvalue weighted by Gasteiger charge is -2.22. The molecule has 0 aromatic heterocycles.